The zero-order valence-corrected chi connectivity index (χ0v) is 46.7. The van der Waals surface area contributed by atoms with E-state index >= 15 is 0 Å². The summed E-state index contributed by atoms with van der Waals surface area (Å²) in [5.41, 5.74) is 16.5. The second-order valence-corrected chi connectivity index (χ2v) is 20.3. The van der Waals surface area contributed by atoms with Crippen molar-refractivity contribution in [2.75, 3.05) is 10.6 Å². The first-order valence-electron chi connectivity index (χ1n) is 24.3. The molecule has 10 rings (SSSR count). The van der Waals surface area contributed by atoms with Gasteiger partial charge in [-0.1, -0.05) is 89.0 Å². The Balaban J connectivity index is 0.000000203. The number of carbonyl (C=O) groups excluding carboxylic acids is 2. The van der Waals surface area contributed by atoms with Crippen LogP contribution in [0.3, 0.4) is 0 Å². The number of hydrogen-bond donors (Lipinski definition) is 3. The molecule has 6 aromatic heterocycles. The Morgan fingerprint density at radius 3 is 1.70 bits per heavy atom. The molecule has 2 aromatic carbocycles. The number of nitrogens with one attached hydrogen (secondary N) is 2. The van der Waals surface area contributed by atoms with Crippen LogP contribution in [0.15, 0.2) is 94.8 Å². The number of anilines is 4. The predicted molar refractivity (Wildman–Crippen MR) is 274 cm³/mol. The molecule has 0 spiro atoms. The molecule has 382 valence electrons. The molecule has 5 N–H and O–H groups in total. The Kier molecular flexibility index (Phi) is 19.6. The van der Waals surface area contributed by atoms with Crippen molar-refractivity contribution in [1.82, 2.24) is 59.8 Å². The Morgan fingerprint density at radius 2 is 1.22 bits per heavy atom. The molecule has 2 aliphatic carbocycles. The third kappa shape index (κ3) is 15.0. The minimum atomic E-state index is -0.286. The van der Waals surface area contributed by atoms with E-state index in [9.17, 15) is 9.59 Å². The van der Waals surface area contributed by atoms with Crippen molar-refractivity contribution in [1.29, 1.82) is 0 Å². The smallest absolute Gasteiger partial charge is 0.870 e. The van der Waals surface area contributed by atoms with Crippen LogP contribution in [0.4, 0.5) is 23.3 Å². The number of nitrogens with zero attached hydrogens (tertiary/aromatic N) is 12. The number of aryl methyl sites for hydroxylation is 4. The molecule has 0 saturated carbocycles. The van der Waals surface area contributed by atoms with Gasteiger partial charge in [0, 0.05) is 73.3 Å². The van der Waals surface area contributed by atoms with E-state index in [0.717, 1.165) is 72.4 Å². The molecule has 20 nitrogen and oxygen atoms in total. The van der Waals surface area contributed by atoms with E-state index in [4.69, 9.17) is 19.8 Å². The fourth-order valence-corrected chi connectivity index (χ4v) is 8.55. The summed E-state index contributed by atoms with van der Waals surface area (Å²) in [5, 5.41) is 22.1. The third-order valence-corrected chi connectivity index (χ3v) is 12.3. The fourth-order valence-electron chi connectivity index (χ4n) is 8.55. The predicted octanol–water partition coefficient (Wildman–Crippen LogP) is 6.38. The van der Waals surface area contributed by atoms with Crippen LogP contribution in [-0.2, 0) is 42.6 Å². The van der Waals surface area contributed by atoms with Crippen molar-refractivity contribution < 1.29 is 75.5 Å². The molecular formula is C53H63KN15O5-. The van der Waals surface area contributed by atoms with Gasteiger partial charge in [0.15, 0.2) is 0 Å². The Hall–Kier alpha value is -6.20. The van der Waals surface area contributed by atoms with E-state index in [1.807, 2.05) is 80.2 Å². The van der Waals surface area contributed by atoms with Gasteiger partial charge in [0.2, 0.25) is 35.3 Å². The summed E-state index contributed by atoms with van der Waals surface area (Å²) >= 11 is 0. The first-order valence-corrected chi connectivity index (χ1v) is 24.3. The first-order chi connectivity index (χ1) is 34.5. The fraction of sp³-hybridized carbons (Fsp3) is 0.396. The Bertz CT molecular complexity index is 3130. The number of Topliss-reactive ketones (excluding diaryl/α,β-unsaturated/α-hetero) is 1. The van der Waals surface area contributed by atoms with Crippen molar-refractivity contribution >= 4 is 35.3 Å². The average molecular weight is 1030 g/mol. The van der Waals surface area contributed by atoms with Gasteiger partial charge in [-0.2, -0.15) is 21.5 Å². The summed E-state index contributed by atoms with van der Waals surface area (Å²) in [6, 6.07) is 17.0. The molecule has 0 fully saturated rings. The monoisotopic (exact) mass is 1030 g/mol. The summed E-state index contributed by atoms with van der Waals surface area (Å²) in [6.45, 7) is 11.7. The third-order valence-electron chi connectivity index (χ3n) is 12.3. The summed E-state index contributed by atoms with van der Waals surface area (Å²) in [4.78, 5) is 49.2. The van der Waals surface area contributed by atoms with E-state index in [0.29, 0.717) is 30.1 Å². The summed E-state index contributed by atoms with van der Waals surface area (Å²) in [5.74, 6) is 2.25. The SMILES string of the molecule is CC(C)(C)c1nc([C-]=O)no1.Cn1cc(Nc2nccc(-c3ccc4c(c3)CCCCC4CC(=O)c3noc(C(C)(C)C)n3)n2)cn1.Cn1cc(Nc2nccc(-c3ccc4c(c3)CCCCC4N)n2)cn1.[K+].[OH-]. The number of benzene rings is 2. The van der Waals surface area contributed by atoms with Crippen LogP contribution in [0.25, 0.3) is 22.5 Å². The molecule has 2 atom stereocenters. The van der Waals surface area contributed by atoms with Crippen LogP contribution in [-0.4, -0.2) is 77.3 Å². The summed E-state index contributed by atoms with van der Waals surface area (Å²) in [6.07, 6.45) is 21.4. The minimum absolute atomic E-state index is 0. The molecule has 21 heteroatoms. The summed E-state index contributed by atoms with van der Waals surface area (Å²) < 4.78 is 13.6. The van der Waals surface area contributed by atoms with Crippen molar-refractivity contribution in [2.45, 2.75) is 122 Å². The number of rotatable bonds is 10. The normalized spacial score (nSPS) is 15.1. The van der Waals surface area contributed by atoms with Gasteiger partial charge in [-0.25, -0.2) is 24.9 Å². The van der Waals surface area contributed by atoms with Crippen molar-refractivity contribution in [3.8, 4) is 22.5 Å². The van der Waals surface area contributed by atoms with Crippen LogP contribution in [0.2, 0.25) is 0 Å². The molecule has 74 heavy (non-hydrogen) atoms. The molecule has 8 aromatic rings. The maximum Gasteiger partial charge on any atom is 1.00 e. The van der Waals surface area contributed by atoms with Crippen molar-refractivity contribution in [3.05, 3.63) is 131 Å². The summed E-state index contributed by atoms with van der Waals surface area (Å²) in [7, 11) is 3.74. The number of ketones is 1. The first kappa shape index (κ1) is 57.1. The molecule has 0 saturated heterocycles. The van der Waals surface area contributed by atoms with E-state index in [2.05, 4.69) is 92.5 Å². The van der Waals surface area contributed by atoms with Crippen LogP contribution < -0.4 is 67.8 Å². The topological polar surface area (TPSA) is 279 Å². The van der Waals surface area contributed by atoms with Crippen molar-refractivity contribution in [3.63, 3.8) is 0 Å². The van der Waals surface area contributed by atoms with Crippen molar-refractivity contribution in [2.24, 2.45) is 19.8 Å². The van der Waals surface area contributed by atoms with Crippen LogP contribution in [0, 0.1) is 0 Å². The minimum Gasteiger partial charge on any atom is -0.870 e. The molecule has 0 amide bonds. The van der Waals surface area contributed by atoms with Crippen LogP contribution in [0.1, 0.15) is 149 Å². The van der Waals surface area contributed by atoms with E-state index in [1.165, 1.54) is 35.1 Å². The van der Waals surface area contributed by atoms with Gasteiger partial charge >= 0.3 is 51.4 Å². The average Bonchev–Trinajstić information content (AvgIpc) is 4.18. The van der Waals surface area contributed by atoms with Gasteiger partial charge < -0.3 is 35.7 Å². The standard InChI is InChI=1S/C27H31N7O2.C19H22N6.C7H9N2O2.K.H2O/c1-27(2,3)25-32-24(33-36-25)23(35)14-18-8-6-5-7-17-13-19(9-10-21(17)18)22-11-12-28-26(31-22)30-20-15-29-34(4)16-20;1-25-12-15(11-22-25)23-19-21-9-8-18(24-19)14-6-7-16-13(10-14)4-2-3-5-17(16)20;1-7(2,3)6-8-5(4-10)9-11-6;;/h9-13,15-16,18H,5-8,14H2,1-4H3,(H,28,30,31);6-12,17H,2-5,20H2,1H3,(H,21,23,24);1-3H3;;1H2/q;;-1;+1;/p-1. The Morgan fingerprint density at radius 1 is 0.703 bits per heavy atom. The molecule has 0 radical (unpaired) electrons. The van der Waals surface area contributed by atoms with Gasteiger partial charge in [-0.3, -0.25) is 14.2 Å². The zero-order valence-electron chi connectivity index (χ0n) is 43.6. The maximum absolute atomic E-state index is 13.0. The van der Waals surface area contributed by atoms with Gasteiger partial charge in [0.1, 0.15) is 0 Å². The second kappa shape index (κ2) is 25.4. The van der Waals surface area contributed by atoms with E-state index < -0.39 is 0 Å². The molecule has 2 aliphatic rings. The van der Waals surface area contributed by atoms with Gasteiger partial charge in [0.25, 0.3) is 0 Å². The number of fused-ring (bicyclic) bond motifs is 2. The second-order valence-electron chi connectivity index (χ2n) is 20.3. The number of hydrogen-bond acceptors (Lipinski definition) is 18. The molecule has 2 unspecified atom stereocenters. The number of nitrogens with two attached hydrogens (primary N) is 1. The van der Waals surface area contributed by atoms with Gasteiger partial charge in [-0.15, -0.1) is 0 Å². The molecule has 0 bridgehead atoms. The van der Waals surface area contributed by atoms with E-state index in [1.54, 1.807) is 40.4 Å². The van der Waals surface area contributed by atoms with Crippen LogP contribution in [0.5, 0.6) is 0 Å². The maximum atomic E-state index is 13.0. The van der Waals surface area contributed by atoms with E-state index in [-0.39, 0.29) is 97.1 Å². The molecular weight excluding hydrogens is 966 g/mol. The van der Waals surface area contributed by atoms with Crippen LogP contribution >= 0.6 is 0 Å². The Labute approximate surface area is 473 Å². The number of carbonyl (C=O) groups is 1. The quantitative estimate of drug-likeness (QED) is 0.0579. The van der Waals surface area contributed by atoms with Gasteiger partial charge in [-0.05, 0) is 91.0 Å². The number of aromatic nitrogens is 12. The molecule has 0 aliphatic heterocycles. The largest absolute Gasteiger partial charge is 1.00 e. The van der Waals surface area contributed by atoms with Gasteiger partial charge in [0.05, 0.1) is 41.0 Å². The molecule has 6 heterocycles. The zero-order chi connectivity index (χ0) is 51.0.